The second kappa shape index (κ2) is 8.48. The van der Waals surface area contributed by atoms with Gasteiger partial charge in [-0.25, -0.2) is 0 Å². The lowest BCUT2D eigenvalue weighted by Crippen LogP contribution is -2.28. The SMILES string of the molecule is COc1ccccc1C(C)NC(=O)CSc1cc(Cl)ccc1Cl. The molecule has 3 nitrogen and oxygen atoms in total. The summed E-state index contributed by atoms with van der Waals surface area (Å²) >= 11 is 13.4. The van der Waals surface area contributed by atoms with Gasteiger partial charge in [0.15, 0.2) is 0 Å². The molecule has 0 aliphatic carbocycles. The Bertz CT molecular complexity index is 694. The fraction of sp³-hybridized carbons (Fsp3) is 0.235. The Hall–Kier alpha value is -1.36. The first-order chi connectivity index (χ1) is 11.0. The molecular weight excluding hydrogens is 353 g/mol. The van der Waals surface area contributed by atoms with Crippen molar-refractivity contribution in [2.45, 2.75) is 17.9 Å². The van der Waals surface area contributed by atoms with Crippen LogP contribution in [0.4, 0.5) is 0 Å². The van der Waals surface area contributed by atoms with Gasteiger partial charge in [-0.2, -0.15) is 0 Å². The molecule has 0 saturated carbocycles. The van der Waals surface area contributed by atoms with Crippen molar-refractivity contribution in [2.75, 3.05) is 12.9 Å². The highest BCUT2D eigenvalue weighted by molar-refractivity contribution is 8.00. The highest BCUT2D eigenvalue weighted by atomic mass is 35.5. The fourth-order valence-corrected chi connectivity index (χ4v) is 3.42. The summed E-state index contributed by atoms with van der Waals surface area (Å²) in [5.74, 6) is 0.940. The van der Waals surface area contributed by atoms with E-state index >= 15 is 0 Å². The summed E-state index contributed by atoms with van der Waals surface area (Å²) in [7, 11) is 1.62. The minimum Gasteiger partial charge on any atom is -0.496 e. The molecule has 2 aromatic rings. The van der Waals surface area contributed by atoms with Crippen LogP contribution >= 0.6 is 35.0 Å². The molecule has 0 radical (unpaired) electrons. The van der Waals surface area contributed by atoms with E-state index in [4.69, 9.17) is 27.9 Å². The van der Waals surface area contributed by atoms with E-state index in [-0.39, 0.29) is 17.7 Å². The van der Waals surface area contributed by atoms with Crippen LogP contribution in [0.1, 0.15) is 18.5 Å². The van der Waals surface area contributed by atoms with Gasteiger partial charge in [-0.1, -0.05) is 41.4 Å². The number of ether oxygens (including phenoxy) is 1. The molecule has 2 aromatic carbocycles. The number of rotatable bonds is 6. The predicted molar refractivity (Wildman–Crippen MR) is 96.7 cm³/mol. The van der Waals surface area contributed by atoms with Gasteiger partial charge in [0.05, 0.1) is 23.9 Å². The maximum absolute atomic E-state index is 12.1. The second-order valence-electron chi connectivity index (χ2n) is 4.89. The topological polar surface area (TPSA) is 38.3 Å². The van der Waals surface area contributed by atoms with E-state index in [1.807, 2.05) is 31.2 Å². The Morgan fingerprint density at radius 3 is 2.74 bits per heavy atom. The molecule has 23 heavy (non-hydrogen) atoms. The molecule has 0 fully saturated rings. The van der Waals surface area contributed by atoms with Gasteiger partial charge < -0.3 is 10.1 Å². The van der Waals surface area contributed by atoms with E-state index in [1.165, 1.54) is 11.8 Å². The normalized spacial score (nSPS) is 11.8. The van der Waals surface area contributed by atoms with E-state index < -0.39 is 0 Å². The van der Waals surface area contributed by atoms with Crippen molar-refractivity contribution in [3.8, 4) is 5.75 Å². The minimum absolute atomic E-state index is 0.0792. The van der Waals surface area contributed by atoms with Crippen molar-refractivity contribution in [1.82, 2.24) is 5.32 Å². The van der Waals surface area contributed by atoms with Crippen LogP contribution < -0.4 is 10.1 Å². The van der Waals surface area contributed by atoms with Crippen molar-refractivity contribution in [1.29, 1.82) is 0 Å². The van der Waals surface area contributed by atoms with Crippen LogP contribution in [-0.2, 0) is 4.79 Å². The van der Waals surface area contributed by atoms with E-state index in [0.29, 0.717) is 10.0 Å². The average molecular weight is 370 g/mol. The Balaban J connectivity index is 1.95. The number of para-hydroxylation sites is 1. The van der Waals surface area contributed by atoms with Crippen LogP contribution in [0.25, 0.3) is 0 Å². The first-order valence-electron chi connectivity index (χ1n) is 7.01. The number of hydrogen-bond acceptors (Lipinski definition) is 3. The monoisotopic (exact) mass is 369 g/mol. The van der Waals surface area contributed by atoms with Crippen LogP contribution in [0, 0.1) is 0 Å². The molecular formula is C17H17Cl2NO2S. The van der Waals surface area contributed by atoms with E-state index in [0.717, 1.165) is 16.2 Å². The zero-order chi connectivity index (χ0) is 16.8. The zero-order valence-electron chi connectivity index (χ0n) is 12.8. The lowest BCUT2D eigenvalue weighted by molar-refractivity contribution is -0.119. The third-order valence-electron chi connectivity index (χ3n) is 3.23. The van der Waals surface area contributed by atoms with Gasteiger partial charge in [0.1, 0.15) is 5.75 Å². The number of carbonyl (C=O) groups is 1. The van der Waals surface area contributed by atoms with Crippen LogP contribution in [0.5, 0.6) is 5.75 Å². The summed E-state index contributed by atoms with van der Waals surface area (Å²) < 4.78 is 5.32. The van der Waals surface area contributed by atoms with Gasteiger partial charge in [-0.05, 0) is 31.2 Å². The Morgan fingerprint density at radius 2 is 2.00 bits per heavy atom. The maximum Gasteiger partial charge on any atom is 0.230 e. The zero-order valence-corrected chi connectivity index (χ0v) is 15.1. The summed E-state index contributed by atoms with van der Waals surface area (Å²) in [4.78, 5) is 12.9. The van der Waals surface area contributed by atoms with E-state index in [9.17, 15) is 4.79 Å². The van der Waals surface area contributed by atoms with Gasteiger partial charge in [-0.15, -0.1) is 11.8 Å². The number of nitrogens with one attached hydrogen (secondary N) is 1. The average Bonchev–Trinajstić information content (AvgIpc) is 2.55. The molecule has 1 atom stereocenters. The number of amides is 1. The Kier molecular flexibility index (Phi) is 6.63. The van der Waals surface area contributed by atoms with Crippen molar-refractivity contribution in [3.05, 3.63) is 58.1 Å². The standard InChI is InChI=1S/C17H17Cl2NO2S/c1-11(13-5-3-4-6-15(13)22-2)20-17(21)10-23-16-9-12(18)7-8-14(16)19/h3-9,11H,10H2,1-2H3,(H,20,21). The molecule has 1 unspecified atom stereocenters. The number of thioether (sulfide) groups is 1. The lowest BCUT2D eigenvalue weighted by atomic mass is 10.1. The van der Waals surface area contributed by atoms with Gasteiger partial charge >= 0.3 is 0 Å². The Morgan fingerprint density at radius 1 is 1.26 bits per heavy atom. The van der Waals surface area contributed by atoms with Crippen molar-refractivity contribution in [2.24, 2.45) is 0 Å². The number of methoxy groups -OCH3 is 1. The van der Waals surface area contributed by atoms with E-state index in [1.54, 1.807) is 25.3 Å². The van der Waals surface area contributed by atoms with E-state index in [2.05, 4.69) is 5.32 Å². The second-order valence-corrected chi connectivity index (χ2v) is 6.76. The quantitative estimate of drug-likeness (QED) is 0.730. The summed E-state index contributed by atoms with van der Waals surface area (Å²) in [6, 6.07) is 12.7. The predicted octanol–water partition coefficient (Wildman–Crippen LogP) is 4.97. The van der Waals surface area contributed by atoms with Crippen molar-refractivity contribution < 1.29 is 9.53 Å². The third-order valence-corrected chi connectivity index (χ3v) is 4.97. The smallest absolute Gasteiger partial charge is 0.230 e. The molecule has 1 amide bonds. The molecule has 1 N–H and O–H groups in total. The van der Waals surface area contributed by atoms with Crippen molar-refractivity contribution in [3.63, 3.8) is 0 Å². The van der Waals surface area contributed by atoms with Gasteiger partial charge in [0.25, 0.3) is 0 Å². The highest BCUT2D eigenvalue weighted by Crippen LogP contribution is 2.30. The number of halogens is 2. The first-order valence-corrected chi connectivity index (χ1v) is 8.75. The first kappa shape index (κ1) is 18.0. The molecule has 122 valence electrons. The fourth-order valence-electron chi connectivity index (χ4n) is 2.12. The molecule has 0 saturated heterocycles. The lowest BCUT2D eigenvalue weighted by Gasteiger charge is -2.17. The van der Waals surface area contributed by atoms with Gasteiger partial charge in [0, 0.05) is 15.5 Å². The number of hydrogen-bond donors (Lipinski definition) is 1. The molecule has 2 rings (SSSR count). The van der Waals surface area contributed by atoms with Crippen LogP contribution in [0.2, 0.25) is 10.0 Å². The molecule has 0 aromatic heterocycles. The summed E-state index contributed by atoms with van der Waals surface area (Å²) in [5.41, 5.74) is 0.939. The molecule has 0 bridgehead atoms. The van der Waals surface area contributed by atoms with Crippen molar-refractivity contribution >= 4 is 40.9 Å². The van der Waals surface area contributed by atoms with Crippen LogP contribution in [-0.4, -0.2) is 18.8 Å². The van der Waals surface area contributed by atoms with Gasteiger partial charge in [0.2, 0.25) is 5.91 Å². The highest BCUT2D eigenvalue weighted by Gasteiger charge is 2.14. The molecule has 0 aliphatic rings. The third kappa shape index (κ3) is 5.06. The summed E-state index contributed by atoms with van der Waals surface area (Å²) in [6.07, 6.45) is 0. The summed E-state index contributed by atoms with van der Waals surface area (Å²) in [6.45, 7) is 1.92. The van der Waals surface area contributed by atoms with Crippen LogP contribution in [0.3, 0.4) is 0 Å². The summed E-state index contributed by atoms with van der Waals surface area (Å²) in [5, 5.41) is 4.14. The Labute approximate surface area is 150 Å². The molecule has 0 heterocycles. The molecule has 0 spiro atoms. The molecule has 6 heteroatoms. The molecule has 0 aliphatic heterocycles. The number of benzene rings is 2. The minimum atomic E-state index is -0.144. The number of carbonyl (C=O) groups excluding carboxylic acids is 1. The maximum atomic E-state index is 12.1. The van der Waals surface area contributed by atoms with Crippen LogP contribution in [0.15, 0.2) is 47.4 Å². The van der Waals surface area contributed by atoms with Gasteiger partial charge in [-0.3, -0.25) is 4.79 Å². The largest absolute Gasteiger partial charge is 0.496 e.